The molecular formula is C17H15N5O2S. The Hall–Kier alpha value is -3.13. The van der Waals surface area contributed by atoms with Crippen LogP contribution in [0, 0.1) is 6.92 Å². The standard InChI is InChI=1S/C17H15N5O2S/c1-10-9-25-15(22-10)8-21-17(24)13-5-11(4-12(6-13)16(18)23)14-7-19-2-3-20-14/h2-7,9H,8H2,1H3,(H2,18,23)(H,21,24). The minimum atomic E-state index is -0.615. The third-order valence-corrected chi connectivity index (χ3v) is 4.37. The number of aromatic nitrogens is 3. The number of thiazole rings is 1. The molecule has 3 rings (SSSR count). The molecule has 0 radical (unpaired) electrons. The van der Waals surface area contributed by atoms with Crippen molar-refractivity contribution < 1.29 is 9.59 Å². The van der Waals surface area contributed by atoms with Crippen molar-refractivity contribution in [1.29, 1.82) is 0 Å². The lowest BCUT2D eigenvalue weighted by atomic mass is 10.0. The van der Waals surface area contributed by atoms with Crippen molar-refractivity contribution in [3.05, 3.63) is 64.0 Å². The molecule has 3 N–H and O–H groups in total. The second kappa shape index (κ2) is 7.18. The second-order valence-electron chi connectivity index (χ2n) is 5.32. The van der Waals surface area contributed by atoms with Crippen LogP contribution in [0.5, 0.6) is 0 Å². The van der Waals surface area contributed by atoms with Gasteiger partial charge in [-0.2, -0.15) is 0 Å². The van der Waals surface area contributed by atoms with Gasteiger partial charge in [0.1, 0.15) is 5.01 Å². The molecule has 126 valence electrons. The topological polar surface area (TPSA) is 111 Å². The molecule has 0 aliphatic rings. The van der Waals surface area contributed by atoms with Gasteiger partial charge in [-0.15, -0.1) is 11.3 Å². The second-order valence-corrected chi connectivity index (χ2v) is 6.26. The van der Waals surface area contributed by atoms with E-state index in [0.717, 1.165) is 10.7 Å². The van der Waals surface area contributed by atoms with E-state index in [1.165, 1.54) is 23.6 Å². The maximum Gasteiger partial charge on any atom is 0.251 e. The molecule has 0 spiro atoms. The zero-order chi connectivity index (χ0) is 17.8. The molecule has 0 saturated heterocycles. The molecule has 0 unspecified atom stereocenters. The maximum absolute atomic E-state index is 12.5. The third-order valence-electron chi connectivity index (χ3n) is 3.41. The van der Waals surface area contributed by atoms with Crippen LogP contribution in [-0.4, -0.2) is 26.8 Å². The first kappa shape index (κ1) is 16.7. The Morgan fingerprint density at radius 2 is 2.00 bits per heavy atom. The zero-order valence-electron chi connectivity index (χ0n) is 13.4. The summed E-state index contributed by atoms with van der Waals surface area (Å²) in [6, 6.07) is 4.71. The molecule has 3 aromatic rings. The van der Waals surface area contributed by atoms with E-state index in [4.69, 9.17) is 5.73 Å². The quantitative estimate of drug-likeness (QED) is 0.728. The molecule has 0 saturated carbocycles. The molecule has 1 aromatic carbocycles. The van der Waals surface area contributed by atoms with Crippen molar-refractivity contribution in [3.8, 4) is 11.3 Å². The molecule has 2 aromatic heterocycles. The summed E-state index contributed by atoms with van der Waals surface area (Å²) in [6.45, 7) is 2.21. The summed E-state index contributed by atoms with van der Waals surface area (Å²) in [5.74, 6) is -0.934. The summed E-state index contributed by atoms with van der Waals surface area (Å²) >= 11 is 1.48. The van der Waals surface area contributed by atoms with Gasteiger partial charge in [0.25, 0.3) is 5.91 Å². The number of carbonyl (C=O) groups excluding carboxylic acids is 2. The average Bonchev–Trinajstić information content (AvgIpc) is 3.05. The number of amides is 2. The minimum Gasteiger partial charge on any atom is -0.366 e. The van der Waals surface area contributed by atoms with Gasteiger partial charge in [-0.25, -0.2) is 4.98 Å². The molecule has 0 aliphatic heterocycles. The van der Waals surface area contributed by atoms with Gasteiger partial charge in [0.2, 0.25) is 5.91 Å². The fourth-order valence-corrected chi connectivity index (χ4v) is 2.95. The van der Waals surface area contributed by atoms with Gasteiger partial charge in [0, 0.05) is 40.2 Å². The molecule has 25 heavy (non-hydrogen) atoms. The first-order valence-corrected chi connectivity index (χ1v) is 8.31. The average molecular weight is 353 g/mol. The lowest BCUT2D eigenvalue weighted by Crippen LogP contribution is -2.23. The number of nitrogens with zero attached hydrogens (tertiary/aromatic N) is 3. The summed E-state index contributed by atoms with van der Waals surface area (Å²) in [7, 11) is 0. The molecule has 8 heteroatoms. The summed E-state index contributed by atoms with van der Waals surface area (Å²) in [6.07, 6.45) is 4.64. The predicted octanol–water partition coefficient (Wildman–Crippen LogP) is 1.94. The molecule has 0 bridgehead atoms. The monoisotopic (exact) mass is 353 g/mol. The summed E-state index contributed by atoms with van der Waals surface area (Å²) < 4.78 is 0. The number of primary amides is 1. The van der Waals surface area contributed by atoms with Crippen LogP contribution < -0.4 is 11.1 Å². The Balaban J connectivity index is 1.87. The van der Waals surface area contributed by atoms with E-state index >= 15 is 0 Å². The van der Waals surface area contributed by atoms with Gasteiger partial charge in [0.15, 0.2) is 0 Å². The van der Waals surface area contributed by atoms with E-state index in [2.05, 4.69) is 20.3 Å². The largest absolute Gasteiger partial charge is 0.366 e. The zero-order valence-corrected chi connectivity index (χ0v) is 14.2. The lowest BCUT2D eigenvalue weighted by molar-refractivity contribution is 0.0951. The van der Waals surface area contributed by atoms with Crippen LogP contribution in [0.15, 0.2) is 42.2 Å². The Bertz CT molecular complexity index is 924. The van der Waals surface area contributed by atoms with Crippen LogP contribution in [0.3, 0.4) is 0 Å². The van der Waals surface area contributed by atoms with Crippen molar-refractivity contribution in [2.45, 2.75) is 13.5 Å². The van der Waals surface area contributed by atoms with Crippen LogP contribution in [0.1, 0.15) is 31.4 Å². The van der Waals surface area contributed by atoms with Crippen LogP contribution in [0.4, 0.5) is 0 Å². The van der Waals surface area contributed by atoms with Gasteiger partial charge in [0.05, 0.1) is 18.4 Å². The van der Waals surface area contributed by atoms with Crippen LogP contribution in [-0.2, 0) is 6.54 Å². The number of nitrogens with one attached hydrogen (secondary N) is 1. The van der Waals surface area contributed by atoms with E-state index in [0.29, 0.717) is 23.4 Å². The maximum atomic E-state index is 12.5. The van der Waals surface area contributed by atoms with Gasteiger partial charge in [-0.05, 0) is 25.1 Å². The van der Waals surface area contributed by atoms with E-state index in [1.807, 2.05) is 12.3 Å². The van der Waals surface area contributed by atoms with E-state index in [1.54, 1.807) is 24.5 Å². The Morgan fingerprint density at radius 3 is 2.64 bits per heavy atom. The van der Waals surface area contributed by atoms with Gasteiger partial charge < -0.3 is 11.1 Å². The number of aryl methyl sites for hydroxylation is 1. The Labute approximate surface area is 148 Å². The smallest absolute Gasteiger partial charge is 0.251 e. The van der Waals surface area contributed by atoms with Crippen molar-refractivity contribution in [1.82, 2.24) is 20.3 Å². The highest BCUT2D eigenvalue weighted by molar-refractivity contribution is 7.09. The number of benzene rings is 1. The first-order chi connectivity index (χ1) is 12.0. The van der Waals surface area contributed by atoms with E-state index in [9.17, 15) is 9.59 Å². The van der Waals surface area contributed by atoms with Crippen LogP contribution in [0.2, 0.25) is 0 Å². The SMILES string of the molecule is Cc1csc(CNC(=O)c2cc(C(N)=O)cc(-c3cnccn3)c2)n1. The first-order valence-electron chi connectivity index (χ1n) is 7.43. The normalized spacial score (nSPS) is 10.4. The molecule has 2 amide bonds. The minimum absolute atomic E-state index is 0.235. The highest BCUT2D eigenvalue weighted by atomic mass is 32.1. The molecule has 0 aliphatic carbocycles. The van der Waals surface area contributed by atoms with Gasteiger partial charge in [-0.1, -0.05) is 0 Å². The van der Waals surface area contributed by atoms with Crippen molar-refractivity contribution in [3.63, 3.8) is 0 Å². The van der Waals surface area contributed by atoms with E-state index in [-0.39, 0.29) is 11.5 Å². The van der Waals surface area contributed by atoms with Gasteiger partial charge >= 0.3 is 0 Å². The van der Waals surface area contributed by atoms with Crippen LogP contribution in [0.25, 0.3) is 11.3 Å². The molecule has 2 heterocycles. The Morgan fingerprint density at radius 1 is 1.20 bits per heavy atom. The van der Waals surface area contributed by atoms with Crippen molar-refractivity contribution in [2.75, 3.05) is 0 Å². The molecule has 7 nitrogen and oxygen atoms in total. The van der Waals surface area contributed by atoms with Crippen molar-refractivity contribution in [2.24, 2.45) is 5.73 Å². The number of hydrogen-bond acceptors (Lipinski definition) is 6. The molecule has 0 fully saturated rings. The van der Waals surface area contributed by atoms with Gasteiger partial charge in [-0.3, -0.25) is 19.6 Å². The molecular weight excluding hydrogens is 338 g/mol. The number of nitrogens with two attached hydrogens (primary N) is 1. The highest BCUT2D eigenvalue weighted by Gasteiger charge is 2.13. The predicted molar refractivity (Wildman–Crippen MR) is 94.0 cm³/mol. The Kier molecular flexibility index (Phi) is 4.80. The number of carbonyl (C=O) groups is 2. The fraction of sp³-hybridized carbons (Fsp3) is 0.118. The van der Waals surface area contributed by atoms with Crippen LogP contribution >= 0.6 is 11.3 Å². The highest BCUT2D eigenvalue weighted by Crippen LogP contribution is 2.20. The van der Waals surface area contributed by atoms with E-state index < -0.39 is 5.91 Å². The number of rotatable bonds is 5. The lowest BCUT2D eigenvalue weighted by Gasteiger charge is -2.08. The summed E-state index contributed by atoms with van der Waals surface area (Å²) in [5, 5.41) is 5.52. The summed E-state index contributed by atoms with van der Waals surface area (Å²) in [4.78, 5) is 36.5. The third kappa shape index (κ3) is 4.04. The summed E-state index contributed by atoms with van der Waals surface area (Å²) in [5.41, 5.74) is 8.00. The fourth-order valence-electron chi connectivity index (χ4n) is 2.24. The van der Waals surface area contributed by atoms with Crippen molar-refractivity contribution >= 4 is 23.2 Å². The molecule has 0 atom stereocenters. The number of hydrogen-bond donors (Lipinski definition) is 2.